The van der Waals surface area contributed by atoms with E-state index in [9.17, 15) is 0 Å². The lowest BCUT2D eigenvalue weighted by molar-refractivity contribution is 0.489. The van der Waals surface area contributed by atoms with Crippen molar-refractivity contribution < 1.29 is 0 Å². The highest BCUT2D eigenvalue weighted by atomic mass is 14.9. The standard InChI is InChI=1S/C17H20N2/c1-3-7-16-15(5-1)6-2-4-8-17(16)19-13-14-9-11-18-12-10-14/h1,3,5,7,9-12,17,19H,2,4,6,8,13H2. The normalized spacial score (nSPS) is 18.6. The minimum absolute atomic E-state index is 0.492. The second-order valence-electron chi connectivity index (χ2n) is 5.23. The Hall–Kier alpha value is -1.67. The van der Waals surface area contributed by atoms with Crippen LogP contribution >= 0.6 is 0 Å². The molecule has 0 aliphatic heterocycles. The maximum atomic E-state index is 4.06. The average Bonchev–Trinajstić information content (AvgIpc) is 2.68. The first-order valence-corrected chi connectivity index (χ1v) is 7.13. The van der Waals surface area contributed by atoms with E-state index in [1.54, 1.807) is 0 Å². The molecule has 1 aliphatic carbocycles. The number of pyridine rings is 1. The molecule has 2 nitrogen and oxygen atoms in total. The highest BCUT2D eigenvalue weighted by Crippen LogP contribution is 2.28. The maximum absolute atomic E-state index is 4.06. The Morgan fingerprint density at radius 3 is 2.79 bits per heavy atom. The monoisotopic (exact) mass is 252 g/mol. The summed E-state index contributed by atoms with van der Waals surface area (Å²) >= 11 is 0. The molecule has 1 N–H and O–H groups in total. The van der Waals surface area contributed by atoms with E-state index >= 15 is 0 Å². The molecule has 3 rings (SSSR count). The summed E-state index contributed by atoms with van der Waals surface area (Å²) in [7, 11) is 0. The maximum Gasteiger partial charge on any atom is 0.0325 e. The minimum Gasteiger partial charge on any atom is -0.306 e. The molecule has 2 heteroatoms. The molecule has 0 bridgehead atoms. The number of hydrogen-bond acceptors (Lipinski definition) is 2. The summed E-state index contributed by atoms with van der Waals surface area (Å²) in [5.41, 5.74) is 4.32. The van der Waals surface area contributed by atoms with Crippen LogP contribution in [0.25, 0.3) is 0 Å². The van der Waals surface area contributed by atoms with Crippen LogP contribution in [-0.2, 0) is 13.0 Å². The topological polar surface area (TPSA) is 24.9 Å². The quantitative estimate of drug-likeness (QED) is 0.844. The molecule has 1 aliphatic rings. The lowest BCUT2D eigenvalue weighted by atomic mass is 9.99. The van der Waals surface area contributed by atoms with Crippen molar-refractivity contribution in [1.29, 1.82) is 0 Å². The van der Waals surface area contributed by atoms with Crippen LogP contribution in [0, 0.1) is 0 Å². The fraction of sp³-hybridized carbons (Fsp3) is 0.353. The number of aryl methyl sites for hydroxylation is 1. The molecule has 1 heterocycles. The summed E-state index contributed by atoms with van der Waals surface area (Å²) < 4.78 is 0. The largest absolute Gasteiger partial charge is 0.306 e. The molecule has 1 aromatic carbocycles. The predicted molar refractivity (Wildman–Crippen MR) is 77.8 cm³/mol. The number of hydrogen-bond donors (Lipinski definition) is 1. The van der Waals surface area contributed by atoms with Crippen LogP contribution in [-0.4, -0.2) is 4.98 Å². The van der Waals surface area contributed by atoms with Crippen molar-refractivity contribution in [1.82, 2.24) is 10.3 Å². The van der Waals surface area contributed by atoms with Crippen LogP contribution in [0.2, 0.25) is 0 Å². The fourth-order valence-electron chi connectivity index (χ4n) is 2.87. The van der Waals surface area contributed by atoms with Gasteiger partial charge in [-0.1, -0.05) is 30.7 Å². The number of benzene rings is 1. The van der Waals surface area contributed by atoms with Crippen LogP contribution < -0.4 is 5.32 Å². The molecule has 0 saturated carbocycles. The summed E-state index contributed by atoms with van der Waals surface area (Å²) in [6.07, 6.45) is 8.80. The molecule has 1 atom stereocenters. The first-order valence-electron chi connectivity index (χ1n) is 7.13. The van der Waals surface area contributed by atoms with E-state index in [0.717, 1.165) is 6.54 Å². The minimum atomic E-state index is 0.492. The molecular formula is C17H20N2. The summed E-state index contributed by atoms with van der Waals surface area (Å²) in [4.78, 5) is 4.06. The van der Waals surface area contributed by atoms with Gasteiger partial charge in [-0.15, -0.1) is 0 Å². The van der Waals surface area contributed by atoms with Crippen LogP contribution in [0.1, 0.15) is 42.0 Å². The molecule has 1 unspecified atom stereocenters. The van der Waals surface area contributed by atoms with E-state index in [4.69, 9.17) is 0 Å². The molecule has 98 valence electrons. The Balaban J connectivity index is 1.74. The van der Waals surface area contributed by atoms with Gasteiger partial charge in [0.05, 0.1) is 0 Å². The van der Waals surface area contributed by atoms with Crippen molar-refractivity contribution in [3.05, 3.63) is 65.5 Å². The Morgan fingerprint density at radius 2 is 1.89 bits per heavy atom. The first kappa shape index (κ1) is 12.4. The molecule has 0 amide bonds. The predicted octanol–water partition coefficient (Wildman–Crippen LogP) is 3.64. The van der Waals surface area contributed by atoms with E-state index < -0.39 is 0 Å². The van der Waals surface area contributed by atoms with Gasteiger partial charge in [0.2, 0.25) is 0 Å². The van der Waals surface area contributed by atoms with E-state index in [2.05, 4.69) is 46.7 Å². The smallest absolute Gasteiger partial charge is 0.0325 e. The first-order chi connectivity index (χ1) is 9.43. The van der Waals surface area contributed by atoms with Crippen LogP contribution in [0.4, 0.5) is 0 Å². The van der Waals surface area contributed by atoms with Gasteiger partial charge >= 0.3 is 0 Å². The van der Waals surface area contributed by atoms with Crippen LogP contribution in [0.15, 0.2) is 48.8 Å². The lowest BCUT2D eigenvalue weighted by Crippen LogP contribution is -2.21. The van der Waals surface area contributed by atoms with Gasteiger partial charge in [0.1, 0.15) is 0 Å². The average molecular weight is 252 g/mol. The van der Waals surface area contributed by atoms with Crippen molar-refractivity contribution in [2.75, 3.05) is 0 Å². The summed E-state index contributed by atoms with van der Waals surface area (Å²) in [5, 5.41) is 3.71. The third-order valence-corrected chi connectivity index (χ3v) is 3.92. The van der Waals surface area contributed by atoms with Crippen molar-refractivity contribution in [2.24, 2.45) is 0 Å². The zero-order chi connectivity index (χ0) is 12.9. The van der Waals surface area contributed by atoms with Crippen LogP contribution in [0.3, 0.4) is 0 Å². The summed E-state index contributed by atoms with van der Waals surface area (Å²) in [6.45, 7) is 0.918. The number of fused-ring (bicyclic) bond motifs is 1. The SMILES string of the molecule is c1ccc2c(c1)CCCCC2NCc1ccncc1. The molecule has 19 heavy (non-hydrogen) atoms. The van der Waals surface area contributed by atoms with E-state index in [1.165, 1.54) is 42.4 Å². The zero-order valence-corrected chi connectivity index (χ0v) is 11.2. The molecule has 0 saturated heterocycles. The molecular weight excluding hydrogens is 232 g/mol. The Morgan fingerprint density at radius 1 is 1.05 bits per heavy atom. The van der Waals surface area contributed by atoms with Crippen LogP contribution in [0.5, 0.6) is 0 Å². The summed E-state index contributed by atoms with van der Waals surface area (Å²) in [6, 6.07) is 13.5. The van der Waals surface area contributed by atoms with Crippen molar-refractivity contribution in [3.63, 3.8) is 0 Å². The Bertz CT molecular complexity index is 522. The molecule has 2 aromatic rings. The Labute approximate surface area is 114 Å². The highest BCUT2D eigenvalue weighted by Gasteiger charge is 2.17. The van der Waals surface area contributed by atoms with Gasteiger partial charge < -0.3 is 5.32 Å². The fourth-order valence-corrected chi connectivity index (χ4v) is 2.87. The van der Waals surface area contributed by atoms with Gasteiger partial charge in [-0.3, -0.25) is 4.98 Å². The van der Waals surface area contributed by atoms with Gasteiger partial charge in [0, 0.05) is 25.0 Å². The molecule has 0 spiro atoms. The van der Waals surface area contributed by atoms with Gasteiger partial charge in [-0.2, -0.15) is 0 Å². The van der Waals surface area contributed by atoms with Gasteiger partial charge in [-0.05, 0) is 48.1 Å². The summed E-state index contributed by atoms with van der Waals surface area (Å²) in [5.74, 6) is 0. The second-order valence-corrected chi connectivity index (χ2v) is 5.23. The van der Waals surface area contributed by atoms with Gasteiger partial charge in [0.25, 0.3) is 0 Å². The number of nitrogens with one attached hydrogen (secondary N) is 1. The zero-order valence-electron chi connectivity index (χ0n) is 11.2. The highest BCUT2D eigenvalue weighted by molar-refractivity contribution is 5.31. The number of aromatic nitrogens is 1. The third-order valence-electron chi connectivity index (χ3n) is 3.92. The van der Waals surface area contributed by atoms with Crippen molar-refractivity contribution in [3.8, 4) is 0 Å². The third kappa shape index (κ3) is 3.02. The van der Waals surface area contributed by atoms with Crippen molar-refractivity contribution in [2.45, 2.75) is 38.3 Å². The molecule has 1 aromatic heterocycles. The van der Waals surface area contributed by atoms with E-state index in [1.807, 2.05) is 12.4 Å². The van der Waals surface area contributed by atoms with Crippen molar-refractivity contribution >= 4 is 0 Å². The van der Waals surface area contributed by atoms with Gasteiger partial charge in [-0.25, -0.2) is 0 Å². The molecule has 0 radical (unpaired) electrons. The molecule has 0 fully saturated rings. The van der Waals surface area contributed by atoms with Gasteiger partial charge in [0.15, 0.2) is 0 Å². The number of rotatable bonds is 3. The van der Waals surface area contributed by atoms with E-state index in [0.29, 0.717) is 6.04 Å². The lowest BCUT2D eigenvalue weighted by Gasteiger charge is -2.19. The van der Waals surface area contributed by atoms with E-state index in [-0.39, 0.29) is 0 Å². The Kier molecular flexibility index (Phi) is 3.89. The number of nitrogens with zero attached hydrogens (tertiary/aromatic N) is 1. The second kappa shape index (κ2) is 5.98.